The van der Waals surface area contributed by atoms with Crippen molar-refractivity contribution in [1.82, 2.24) is 0 Å². The summed E-state index contributed by atoms with van der Waals surface area (Å²) in [6, 6.07) is 68.1. The number of aliphatic imine (C=N–C) groups is 2. The van der Waals surface area contributed by atoms with Gasteiger partial charge in [-0.05, 0) is 76.9 Å². The molecule has 0 aliphatic heterocycles. The van der Waals surface area contributed by atoms with Gasteiger partial charge in [0, 0.05) is 36.9 Å². The van der Waals surface area contributed by atoms with Crippen LogP contribution in [-0.2, 0) is 0 Å². The summed E-state index contributed by atoms with van der Waals surface area (Å²) in [6.07, 6.45) is 0. The number of nitriles is 1. The maximum Gasteiger partial charge on any atom is 0.161 e. The molecule has 5 heteroatoms. The highest BCUT2D eigenvalue weighted by Gasteiger charge is 2.20. The molecule has 0 aliphatic rings. The van der Waals surface area contributed by atoms with Crippen LogP contribution in [0.5, 0.6) is 0 Å². The van der Waals surface area contributed by atoms with E-state index in [9.17, 15) is 5.26 Å². The number of aryl methyl sites for hydroxylation is 1. The molecule has 0 aliphatic carbocycles. The van der Waals surface area contributed by atoms with Gasteiger partial charge in [-0.15, -0.1) is 11.3 Å². The molecule has 8 aromatic carbocycles. The van der Waals surface area contributed by atoms with Gasteiger partial charge >= 0.3 is 0 Å². The molecule has 0 saturated carbocycles. The van der Waals surface area contributed by atoms with E-state index in [2.05, 4.69) is 139 Å². The molecule has 1 N–H and O–H groups in total. The van der Waals surface area contributed by atoms with Gasteiger partial charge < -0.3 is 0 Å². The topological polar surface area (TPSA) is 72.4 Å². The van der Waals surface area contributed by atoms with Crippen LogP contribution in [0.3, 0.4) is 0 Å². The Morgan fingerprint density at radius 3 is 1.74 bits per heavy atom. The van der Waals surface area contributed by atoms with Crippen LogP contribution in [0.25, 0.3) is 64.7 Å². The van der Waals surface area contributed by atoms with E-state index in [-0.39, 0.29) is 5.84 Å². The van der Waals surface area contributed by atoms with Gasteiger partial charge in [-0.2, -0.15) is 5.26 Å². The molecule has 0 unspecified atom stereocenters. The Balaban J connectivity index is 0.000000608. The van der Waals surface area contributed by atoms with E-state index in [1.165, 1.54) is 26.6 Å². The molecule has 9 aromatic rings. The summed E-state index contributed by atoms with van der Waals surface area (Å²) < 4.78 is 2.37. The minimum atomic E-state index is 0.132. The van der Waals surface area contributed by atoms with Crippen molar-refractivity contribution in [2.75, 3.05) is 0 Å². The fourth-order valence-corrected chi connectivity index (χ4v) is 8.51. The average Bonchev–Trinajstić information content (AvgIpc) is 3.69. The zero-order chi connectivity index (χ0) is 39.8. The highest BCUT2D eigenvalue weighted by molar-refractivity contribution is 7.27. The minimum Gasteiger partial charge on any atom is -0.282 e. The van der Waals surface area contributed by atoms with Crippen LogP contribution >= 0.6 is 11.3 Å². The number of benzene rings is 8. The summed E-state index contributed by atoms with van der Waals surface area (Å²) in [5, 5.41) is 20.6. The van der Waals surface area contributed by atoms with E-state index < -0.39 is 0 Å². The van der Waals surface area contributed by atoms with Gasteiger partial charge in [0.1, 0.15) is 0 Å². The largest absolute Gasteiger partial charge is 0.282 e. The quantitative estimate of drug-likeness (QED) is 0.133. The standard InChI is InChI=1S/C46H30N4S.C7H8/c1-49-46(50-45(48)34-17-9-4-10-18-34)35-22-20-33(21-23-35)38-24-25-39(36-19-11-12-30(26-36)29-47)44-42(38)41-28-37(31-13-5-2-6-14-31)27-40(43(41)51-44)32-15-7-3-8-16-32;1-7-5-3-2-4-6-7/h2-28,48H,1H2;2-6H,1H3. The van der Waals surface area contributed by atoms with Gasteiger partial charge in [0.2, 0.25) is 0 Å². The Morgan fingerprint density at radius 2 is 1.12 bits per heavy atom. The molecule has 58 heavy (non-hydrogen) atoms. The molecule has 9 rings (SSSR count). The normalized spacial score (nSPS) is 11.1. The predicted molar refractivity (Wildman–Crippen MR) is 246 cm³/mol. The lowest BCUT2D eigenvalue weighted by Crippen LogP contribution is -2.03. The van der Waals surface area contributed by atoms with Crippen molar-refractivity contribution in [2.45, 2.75) is 6.92 Å². The molecule has 4 nitrogen and oxygen atoms in total. The summed E-state index contributed by atoms with van der Waals surface area (Å²) in [5.74, 6) is 0.530. The van der Waals surface area contributed by atoms with E-state index in [0.717, 1.165) is 49.2 Å². The summed E-state index contributed by atoms with van der Waals surface area (Å²) in [7, 11) is 0. The molecule has 1 aromatic heterocycles. The number of thiophene rings is 1. The summed E-state index contributed by atoms with van der Waals surface area (Å²) >= 11 is 1.80. The zero-order valence-corrected chi connectivity index (χ0v) is 32.7. The van der Waals surface area contributed by atoms with Gasteiger partial charge in [-0.1, -0.05) is 175 Å². The van der Waals surface area contributed by atoms with Crippen LogP contribution in [0.15, 0.2) is 204 Å². The Hall–Kier alpha value is -7.52. The number of nitrogens with one attached hydrogen (secondary N) is 1. The SMILES string of the molecule is C=NC(=NC(=N)c1ccccc1)c1ccc(-c2ccc(-c3cccc(C#N)c3)c3sc4c(-c5ccccc5)cc(-c5ccccc5)cc4c23)cc1.Cc1ccccc1. The van der Waals surface area contributed by atoms with Crippen LogP contribution in [0.2, 0.25) is 0 Å². The molecule has 0 fully saturated rings. The second-order valence-electron chi connectivity index (χ2n) is 13.8. The second-order valence-corrected chi connectivity index (χ2v) is 14.9. The number of rotatable bonds is 6. The van der Waals surface area contributed by atoms with Gasteiger partial charge in [-0.3, -0.25) is 5.41 Å². The van der Waals surface area contributed by atoms with Crippen molar-refractivity contribution in [1.29, 1.82) is 10.7 Å². The van der Waals surface area contributed by atoms with E-state index >= 15 is 0 Å². The first kappa shape index (κ1) is 37.4. The highest BCUT2D eigenvalue weighted by atomic mass is 32.1. The van der Waals surface area contributed by atoms with E-state index in [1.54, 1.807) is 11.3 Å². The van der Waals surface area contributed by atoms with Crippen LogP contribution in [0.1, 0.15) is 22.3 Å². The Bertz CT molecular complexity index is 2960. The number of nitrogens with zero attached hydrogens (tertiary/aromatic N) is 3. The predicted octanol–water partition coefficient (Wildman–Crippen LogP) is 14.1. The lowest BCUT2D eigenvalue weighted by atomic mass is 9.91. The third-order valence-corrected chi connectivity index (χ3v) is 11.3. The third-order valence-electron chi connectivity index (χ3n) is 10.0. The molecule has 0 amide bonds. The van der Waals surface area contributed by atoms with Crippen molar-refractivity contribution in [2.24, 2.45) is 9.98 Å². The maximum absolute atomic E-state index is 9.74. The first-order valence-electron chi connectivity index (χ1n) is 19.0. The second kappa shape index (κ2) is 17.1. The molecule has 0 spiro atoms. The first-order chi connectivity index (χ1) is 28.5. The van der Waals surface area contributed by atoms with Gasteiger partial charge in [0.25, 0.3) is 0 Å². The van der Waals surface area contributed by atoms with Gasteiger partial charge in [0.05, 0.1) is 11.6 Å². The molecule has 0 radical (unpaired) electrons. The van der Waals surface area contributed by atoms with Crippen molar-refractivity contribution in [3.05, 3.63) is 216 Å². The lowest BCUT2D eigenvalue weighted by molar-refractivity contribution is 1.40. The van der Waals surface area contributed by atoms with Crippen LogP contribution < -0.4 is 0 Å². The average molecular weight is 763 g/mol. The highest BCUT2D eigenvalue weighted by Crippen LogP contribution is 2.49. The number of amidine groups is 2. The van der Waals surface area contributed by atoms with Crippen molar-refractivity contribution in [3.8, 4) is 50.6 Å². The molecule has 0 saturated heterocycles. The molecular formula is C53H38N4S. The van der Waals surface area contributed by atoms with Crippen molar-refractivity contribution < 1.29 is 0 Å². The molecule has 0 bridgehead atoms. The fraction of sp³-hybridized carbons (Fsp3) is 0.0189. The molecule has 0 atom stereocenters. The van der Waals surface area contributed by atoms with E-state index in [4.69, 9.17) is 5.41 Å². The minimum absolute atomic E-state index is 0.132. The third kappa shape index (κ3) is 7.92. The lowest BCUT2D eigenvalue weighted by Gasteiger charge is -2.12. The van der Waals surface area contributed by atoms with Crippen molar-refractivity contribution >= 4 is 49.9 Å². The Morgan fingerprint density at radius 1 is 0.534 bits per heavy atom. The maximum atomic E-state index is 9.74. The smallest absolute Gasteiger partial charge is 0.161 e. The van der Waals surface area contributed by atoms with Gasteiger partial charge in [0.15, 0.2) is 11.7 Å². The summed E-state index contributed by atoms with van der Waals surface area (Å²) in [4.78, 5) is 8.69. The fourth-order valence-electron chi connectivity index (χ4n) is 7.13. The van der Waals surface area contributed by atoms with Crippen LogP contribution in [0.4, 0.5) is 0 Å². The number of fused-ring (bicyclic) bond motifs is 3. The molecular weight excluding hydrogens is 725 g/mol. The van der Waals surface area contributed by atoms with Crippen LogP contribution in [-0.4, -0.2) is 18.4 Å². The Kier molecular flexibility index (Phi) is 11.0. The summed E-state index contributed by atoms with van der Waals surface area (Å²) in [6.45, 7) is 5.84. The van der Waals surface area contributed by atoms with Crippen LogP contribution in [0, 0.1) is 23.7 Å². The van der Waals surface area contributed by atoms with Crippen molar-refractivity contribution in [3.63, 3.8) is 0 Å². The molecule has 1 heterocycles. The zero-order valence-electron chi connectivity index (χ0n) is 31.9. The first-order valence-corrected chi connectivity index (χ1v) is 19.8. The monoisotopic (exact) mass is 762 g/mol. The van der Waals surface area contributed by atoms with E-state index in [1.807, 2.05) is 84.9 Å². The van der Waals surface area contributed by atoms with E-state index in [0.29, 0.717) is 17.0 Å². The number of hydrogen-bond acceptors (Lipinski definition) is 3. The van der Waals surface area contributed by atoms with Gasteiger partial charge in [-0.25, -0.2) is 9.98 Å². The number of hydrogen-bond donors (Lipinski definition) is 1. The summed E-state index contributed by atoms with van der Waals surface area (Å²) in [5.41, 5.74) is 12.4. The molecule has 276 valence electrons. The Labute approximate surface area is 342 Å².